The van der Waals surface area contributed by atoms with Crippen LogP contribution in [0.25, 0.3) is 0 Å². The number of hydrogen-bond acceptors (Lipinski definition) is 7. The SMILES string of the molecule is C=C[C@H](OCc1ccc(OC)cc1)[C@H]1O[C@H](O)[C@H](O)[C@H]1OCc1ccc(OC)cc1. The number of ether oxygens (including phenoxy) is 5. The first-order valence-corrected chi connectivity index (χ1v) is 9.69. The van der Waals surface area contributed by atoms with E-state index >= 15 is 0 Å². The van der Waals surface area contributed by atoms with E-state index in [0.29, 0.717) is 6.61 Å². The summed E-state index contributed by atoms with van der Waals surface area (Å²) in [4.78, 5) is 0. The lowest BCUT2D eigenvalue weighted by Gasteiger charge is -2.26. The van der Waals surface area contributed by atoms with Crippen LogP contribution in [0.3, 0.4) is 0 Å². The molecule has 0 aromatic heterocycles. The molecule has 0 bridgehead atoms. The van der Waals surface area contributed by atoms with Gasteiger partial charge in [0.15, 0.2) is 6.29 Å². The summed E-state index contributed by atoms with van der Waals surface area (Å²) in [6.07, 6.45) is -3.03. The van der Waals surface area contributed by atoms with Gasteiger partial charge in [-0.1, -0.05) is 30.3 Å². The van der Waals surface area contributed by atoms with Crippen LogP contribution in [0.15, 0.2) is 61.2 Å². The molecule has 1 aliphatic rings. The standard InChI is InChI=1S/C23H28O7/c1-4-19(28-13-15-5-9-17(26-2)10-6-15)21-22(20(24)23(25)30-21)29-14-16-7-11-18(27-3)12-8-16/h4-12,19-25H,1,13-14H2,2-3H3/t19-,20+,21+,22+,23-/m0/s1. The number of rotatable bonds is 10. The summed E-state index contributed by atoms with van der Waals surface area (Å²) < 4.78 is 27.7. The van der Waals surface area contributed by atoms with E-state index in [4.69, 9.17) is 23.7 Å². The Morgan fingerprint density at radius 1 is 0.933 bits per heavy atom. The van der Waals surface area contributed by atoms with Crippen LogP contribution in [0.1, 0.15) is 11.1 Å². The summed E-state index contributed by atoms with van der Waals surface area (Å²) in [6, 6.07) is 14.9. The van der Waals surface area contributed by atoms with Crippen molar-refractivity contribution in [1.29, 1.82) is 0 Å². The number of aliphatic hydroxyl groups is 2. The highest BCUT2D eigenvalue weighted by atomic mass is 16.7. The minimum atomic E-state index is -1.36. The highest BCUT2D eigenvalue weighted by Crippen LogP contribution is 2.28. The second-order valence-corrected chi connectivity index (χ2v) is 6.96. The van der Waals surface area contributed by atoms with Gasteiger partial charge < -0.3 is 33.9 Å². The molecule has 30 heavy (non-hydrogen) atoms. The zero-order valence-corrected chi connectivity index (χ0v) is 17.1. The van der Waals surface area contributed by atoms with Crippen LogP contribution in [-0.2, 0) is 27.4 Å². The summed E-state index contributed by atoms with van der Waals surface area (Å²) in [6.45, 7) is 4.35. The maximum absolute atomic E-state index is 10.4. The van der Waals surface area contributed by atoms with E-state index in [1.165, 1.54) is 0 Å². The summed E-state index contributed by atoms with van der Waals surface area (Å²) in [5, 5.41) is 20.4. The molecule has 2 N–H and O–H groups in total. The Bertz CT molecular complexity index is 790. The molecule has 5 atom stereocenters. The first kappa shape index (κ1) is 22.3. The molecule has 0 spiro atoms. The minimum Gasteiger partial charge on any atom is -0.497 e. The third kappa shape index (κ3) is 5.38. The fourth-order valence-electron chi connectivity index (χ4n) is 3.26. The Morgan fingerprint density at radius 3 is 1.97 bits per heavy atom. The average Bonchev–Trinajstić information content (AvgIpc) is 3.07. The molecule has 0 amide bonds. The largest absolute Gasteiger partial charge is 0.497 e. The van der Waals surface area contributed by atoms with Gasteiger partial charge >= 0.3 is 0 Å². The maximum Gasteiger partial charge on any atom is 0.184 e. The van der Waals surface area contributed by atoms with Crippen molar-refractivity contribution in [3.63, 3.8) is 0 Å². The lowest BCUT2D eigenvalue weighted by atomic mass is 10.1. The fourth-order valence-corrected chi connectivity index (χ4v) is 3.26. The van der Waals surface area contributed by atoms with Crippen LogP contribution in [-0.4, -0.2) is 55.1 Å². The molecular weight excluding hydrogens is 388 g/mol. The van der Waals surface area contributed by atoms with Gasteiger partial charge in [0, 0.05) is 0 Å². The second-order valence-electron chi connectivity index (χ2n) is 6.96. The Kier molecular flexibility index (Phi) is 7.84. The fraction of sp³-hybridized carbons (Fsp3) is 0.391. The van der Waals surface area contributed by atoms with E-state index in [1.54, 1.807) is 20.3 Å². The van der Waals surface area contributed by atoms with Gasteiger partial charge in [0.1, 0.15) is 35.9 Å². The number of hydrogen-bond donors (Lipinski definition) is 2. The predicted molar refractivity (Wildman–Crippen MR) is 110 cm³/mol. The Hall–Kier alpha value is -2.42. The zero-order chi connectivity index (χ0) is 21.5. The maximum atomic E-state index is 10.4. The van der Waals surface area contributed by atoms with Crippen LogP contribution in [0.4, 0.5) is 0 Å². The van der Waals surface area contributed by atoms with Crippen molar-refractivity contribution in [2.75, 3.05) is 14.2 Å². The quantitative estimate of drug-likeness (QED) is 0.575. The van der Waals surface area contributed by atoms with Crippen LogP contribution >= 0.6 is 0 Å². The smallest absolute Gasteiger partial charge is 0.184 e. The molecule has 0 radical (unpaired) electrons. The van der Waals surface area contributed by atoms with Crippen molar-refractivity contribution in [1.82, 2.24) is 0 Å². The van der Waals surface area contributed by atoms with Crippen LogP contribution in [0.2, 0.25) is 0 Å². The zero-order valence-electron chi connectivity index (χ0n) is 17.1. The van der Waals surface area contributed by atoms with Crippen molar-refractivity contribution in [2.45, 2.75) is 43.9 Å². The van der Waals surface area contributed by atoms with E-state index in [9.17, 15) is 10.2 Å². The lowest BCUT2D eigenvalue weighted by molar-refractivity contribution is -0.149. The van der Waals surface area contributed by atoms with Gasteiger partial charge in [-0.15, -0.1) is 6.58 Å². The van der Waals surface area contributed by atoms with Crippen molar-refractivity contribution in [3.05, 3.63) is 72.3 Å². The summed E-state index contributed by atoms with van der Waals surface area (Å²) >= 11 is 0. The Labute approximate surface area is 176 Å². The van der Waals surface area contributed by atoms with E-state index < -0.39 is 30.7 Å². The molecular formula is C23H28O7. The number of methoxy groups -OCH3 is 2. The third-order valence-electron chi connectivity index (χ3n) is 5.01. The van der Waals surface area contributed by atoms with Crippen LogP contribution in [0, 0.1) is 0 Å². The van der Waals surface area contributed by atoms with Gasteiger partial charge in [-0.2, -0.15) is 0 Å². The Balaban J connectivity index is 1.62. The van der Waals surface area contributed by atoms with E-state index in [2.05, 4.69) is 6.58 Å². The molecule has 2 aromatic carbocycles. The molecule has 7 nitrogen and oxygen atoms in total. The van der Waals surface area contributed by atoms with Gasteiger partial charge in [-0.25, -0.2) is 0 Å². The van der Waals surface area contributed by atoms with Crippen LogP contribution < -0.4 is 9.47 Å². The molecule has 1 heterocycles. The second kappa shape index (κ2) is 10.6. The molecule has 0 aliphatic carbocycles. The van der Waals surface area contributed by atoms with Crippen molar-refractivity contribution in [2.24, 2.45) is 0 Å². The minimum absolute atomic E-state index is 0.237. The normalized spacial score (nSPS) is 24.4. The van der Waals surface area contributed by atoms with Crippen molar-refractivity contribution < 1.29 is 33.9 Å². The monoisotopic (exact) mass is 416 g/mol. The number of aliphatic hydroxyl groups excluding tert-OH is 2. The molecule has 7 heteroatoms. The van der Waals surface area contributed by atoms with Crippen LogP contribution in [0.5, 0.6) is 11.5 Å². The predicted octanol–water partition coefficient (Wildman–Crippen LogP) is 2.44. The Morgan fingerprint density at radius 2 is 1.47 bits per heavy atom. The molecule has 2 aromatic rings. The van der Waals surface area contributed by atoms with E-state index in [1.807, 2.05) is 48.5 Å². The topological polar surface area (TPSA) is 86.6 Å². The average molecular weight is 416 g/mol. The first-order chi connectivity index (χ1) is 14.5. The molecule has 1 saturated heterocycles. The highest BCUT2D eigenvalue weighted by Gasteiger charge is 2.47. The molecule has 0 unspecified atom stereocenters. The van der Waals surface area contributed by atoms with E-state index in [0.717, 1.165) is 22.6 Å². The van der Waals surface area contributed by atoms with Gasteiger partial charge in [0.2, 0.25) is 0 Å². The molecule has 1 aliphatic heterocycles. The molecule has 3 rings (SSSR count). The van der Waals surface area contributed by atoms with Gasteiger partial charge in [-0.05, 0) is 35.4 Å². The molecule has 1 fully saturated rings. The van der Waals surface area contributed by atoms with E-state index in [-0.39, 0.29) is 6.61 Å². The molecule has 162 valence electrons. The first-order valence-electron chi connectivity index (χ1n) is 9.69. The van der Waals surface area contributed by atoms with Gasteiger partial charge in [0.25, 0.3) is 0 Å². The third-order valence-corrected chi connectivity index (χ3v) is 5.01. The summed E-state index contributed by atoms with van der Waals surface area (Å²) in [5.74, 6) is 1.51. The highest BCUT2D eigenvalue weighted by molar-refractivity contribution is 5.27. The summed E-state index contributed by atoms with van der Waals surface area (Å²) in [5.41, 5.74) is 1.84. The van der Waals surface area contributed by atoms with Crippen molar-refractivity contribution >= 4 is 0 Å². The molecule has 0 saturated carbocycles. The number of benzene rings is 2. The van der Waals surface area contributed by atoms with Gasteiger partial charge in [0.05, 0.1) is 27.4 Å². The summed E-state index contributed by atoms with van der Waals surface area (Å²) in [7, 11) is 3.21. The van der Waals surface area contributed by atoms with Gasteiger partial charge in [-0.3, -0.25) is 0 Å². The lowest BCUT2D eigenvalue weighted by Crippen LogP contribution is -2.41. The van der Waals surface area contributed by atoms with Crippen molar-refractivity contribution in [3.8, 4) is 11.5 Å².